The molecule has 134 valence electrons. The second-order valence-electron chi connectivity index (χ2n) is 5.38. The maximum atomic E-state index is 12.0. The predicted octanol–water partition coefficient (Wildman–Crippen LogP) is -0.622. The van der Waals surface area contributed by atoms with Gasteiger partial charge in [0.1, 0.15) is 10.6 Å². The molecule has 0 amide bonds. The van der Waals surface area contributed by atoms with Crippen molar-refractivity contribution in [3.05, 3.63) is 48.0 Å². The maximum Gasteiger partial charge on any atom is 1.00 e. The number of thiocarbonyl (C=S) groups is 1. The van der Waals surface area contributed by atoms with Gasteiger partial charge in [0.15, 0.2) is 5.75 Å². The summed E-state index contributed by atoms with van der Waals surface area (Å²) in [5.41, 5.74) is 0.426. The number of para-hydroxylation sites is 1. The first-order valence-corrected chi connectivity index (χ1v) is 9.67. The van der Waals surface area contributed by atoms with Gasteiger partial charge in [-0.2, -0.15) is 0 Å². The molecule has 0 unspecified atom stereocenters. The Morgan fingerprint density at radius 2 is 1.92 bits per heavy atom. The monoisotopic (exact) mass is 402 g/mol. The van der Waals surface area contributed by atoms with Crippen molar-refractivity contribution < 1.29 is 47.8 Å². The van der Waals surface area contributed by atoms with E-state index in [0.717, 1.165) is 18.9 Å². The Balaban J connectivity index is 0.00000338. The van der Waals surface area contributed by atoms with Gasteiger partial charge in [0.25, 0.3) is 0 Å². The number of rotatable bonds is 8. The van der Waals surface area contributed by atoms with Crippen molar-refractivity contribution in [2.45, 2.75) is 24.7 Å². The maximum absolute atomic E-state index is 12.0. The molecule has 0 aliphatic rings. The molecule has 0 atom stereocenters. The molecule has 0 aliphatic heterocycles. The molecule has 2 aromatic rings. The molecule has 0 aliphatic carbocycles. The summed E-state index contributed by atoms with van der Waals surface area (Å²) in [5.74, 6) is 0.494. The zero-order valence-corrected chi connectivity index (χ0v) is 18.3. The van der Waals surface area contributed by atoms with Gasteiger partial charge < -0.3 is 15.2 Å². The van der Waals surface area contributed by atoms with Crippen LogP contribution in [0.5, 0.6) is 11.5 Å². The van der Waals surface area contributed by atoms with E-state index in [1.807, 2.05) is 13.0 Å². The van der Waals surface area contributed by atoms with Gasteiger partial charge in [-0.05, 0) is 41.3 Å². The summed E-state index contributed by atoms with van der Waals surface area (Å²) in [6.07, 6.45) is 1.81. The molecular weight excluding hydrogens is 383 g/mol. The Morgan fingerprint density at radius 1 is 1.27 bits per heavy atom. The summed E-state index contributed by atoms with van der Waals surface area (Å²) in [6, 6.07) is 11.3. The zero-order valence-electron chi connectivity index (χ0n) is 14.7. The van der Waals surface area contributed by atoms with Gasteiger partial charge >= 0.3 is 29.6 Å². The van der Waals surface area contributed by atoms with Gasteiger partial charge in [-0.25, -0.2) is 13.6 Å². The van der Waals surface area contributed by atoms with Crippen LogP contribution in [-0.4, -0.2) is 20.0 Å². The minimum Gasteiger partial charge on any atom is -0.864 e. The molecule has 0 spiro atoms. The van der Waals surface area contributed by atoms with E-state index >= 15 is 0 Å². The minimum atomic E-state index is -4.13. The predicted molar refractivity (Wildman–Crippen MR) is 99.4 cm³/mol. The number of nitrogens with two attached hydrogens (primary N) is 1. The zero-order chi connectivity index (χ0) is 18.4. The first-order valence-electron chi connectivity index (χ1n) is 7.72. The van der Waals surface area contributed by atoms with Crippen molar-refractivity contribution in [2.75, 3.05) is 11.9 Å². The molecule has 0 bridgehead atoms. The van der Waals surface area contributed by atoms with E-state index < -0.39 is 15.1 Å². The molecule has 6 nitrogen and oxygen atoms in total. The molecule has 0 heterocycles. The van der Waals surface area contributed by atoms with E-state index in [9.17, 15) is 13.5 Å². The van der Waals surface area contributed by atoms with Crippen LogP contribution in [0.15, 0.2) is 47.4 Å². The normalized spacial score (nSPS) is 10.7. The first kappa shape index (κ1) is 22.9. The Bertz CT molecular complexity index is 859. The smallest absolute Gasteiger partial charge is 0.864 e. The third-order valence-corrected chi connectivity index (χ3v) is 4.56. The summed E-state index contributed by atoms with van der Waals surface area (Å²) in [6.45, 7) is 2.61. The number of anilines is 1. The van der Waals surface area contributed by atoms with Crippen molar-refractivity contribution in [1.29, 1.82) is 0 Å². The van der Waals surface area contributed by atoms with Crippen LogP contribution in [0.3, 0.4) is 0 Å². The van der Waals surface area contributed by atoms with E-state index in [2.05, 4.69) is 17.5 Å². The molecule has 0 aromatic heterocycles. The number of ether oxygens (including phenoxy) is 1. The minimum absolute atomic E-state index is 0. The summed E-state index contributed by atoms with van der Waals surface area (Å²) < 4.78 is 29.8. The number of hydrogen-bond acceptors (Lipinski definition) is 6. The quantitative estimate of drug-likeness (QED) is 0.346. The van der Waals surface area contributed by atoms with Gasteiger partial charge in [-0.3, -0.25) is 0 Å². The van der Waals surface area contributed by atoms with Crippen LogP contribution in [-0.2, 0) is 10.0 Å². The van der Waals surface area contributed by atoms with Gasteiger partial charge in [-0.15, -0.1) is 0 Å². The van der Waals surface area contributed by atoms with Crippen LogP contribution in [0.1, 0.15) is 25.3 Å². The Labute approximate surface area is 181 Å². The number of benzene rings is 2. The molecule has 0 radical (unpaired) electrons. The summed E-state index contributed by atoms with van der Waals surface area (Å²) in [7, 11) is -4.13. The van der Waals surface area contributed by atoms with Gasteiger partial charge in [0, 0.05) is 6.54 Å². The Hall–Kier alpha value is -1.16. The average molecular weight is 402 g/mol. The second-order valence-corrected chi connectivity index (χ2v) is 7.28. The molecule has 26 heavy (non-hydrogen) atoms. The van der Waals surface area contributed by atoms with Crippen LogP contribution >= 0.6 is 12.2 Å². The molecule has 2 aromatic carbocycles. The number of unbranched alkanes of at least 4 members (excludes halogenated alkanes) is 1. The average Bonchev–Trinajstić information content (AvgIpc) is 2.56. The molecule has 9 heteroatoms. The third kappa shape index (κ3) is 6.22. The van der Waals surface area contributed by atoms with Gasteiger partial charge in [0.05, 0.1) is 5.69 Å². The molecule has 3 N–H and O–H groups in total. The third-order valence-electron chi connectivity index (χ3n) is 3.41. The van der Waals surface area contributed by atoms with Crippen molar-refractivity contribution in [2.24, 2.45) is 5.14 Å². The fourth-order valence-corrected chi connectivity index (χ4v) is 2.99. The van der Waals surface area contributed by atoms with Gasteiger partial charge in [-0.1, -0.05) is 43.8 Å². The van der Waals surface area contributed by atoms with Crippen LogP contribution in [0.4, 0.5) is 5.69 Å². The SMILES string of the molecule is CCCCNc1cc(C([O-])=S)cc(S(N)(=O)=O)c1Oc1ccccc1.[Na+]. The van der Waals surface area contributed by atoms with Gasteiger partial charge in [0.2, 0.25) is 10.0 Å². The molecule has 0 fully saturated rings. The first-order chi connectivity index (χ1) is 11.8. The number of nitrogens with one attached hydrogen (secondary N) is 1. The fraction of sp³-hybridized carbons (Fsp3) is 0.235. The number of primary sulfonamides is 1. The molecular formula is C17H19N2NaO4S2. The summed E-state index contributed by atoms with van der Waals surface area (Å²) in [5, 5.41) is 19.3. The number of sulfonamides is 1. The van der Waals surface area contributed by atoms with Crippen molar-refractivity contribution in [1.82, 2.24) is 0 Å². The largest absolute Gasteiger partial charge is 1.00 e. The standard InChI is InChI=1S/C17H20N2O4S2.Na/c1-2-3-9-19-14-10-12(17(20)24)11-15(25(18,21)22)16(14)23-13-7-5-4-6-8-13;/h4-8,10-11,19H,2-3,9H2,1H3,(H,20,24)(H2,18,21,22);/q;+1/p-1. The molecule has 0 saturated heterocycles. The van der Waals surface area contributed by atoms with E-state index in [1.165, 1.54) is 6.07 Å². The molecule has 2 rings (SSSR count). The van der Waals surface area contributed by atoms with E-state index in [0.29, 0.717) is 18.0 Å². The summed E-state index contributed by atoms with van der Waals surface area (Å²) in [4.78, 5) is -0.286. The van der Waals surface area contributed by atoms with Crippen molar-refractivity contribution >= 4 is 33.0 Å². The van der Waals surface area contributed by atoms with Crippen LogP contribution in [0, 0.1) is 0 Å². The van der Waals surface area contributed by atoms with Crippen molar-refractivity contribution in [3.8, 4) is 11.5 Å². The summed E-state index contributed by atoms with van der Waals surface area (Å²) >= 11 is 4.65. The van der Waals surface area contributed by atoms with E-state index in [4.69, 9.17) is 9.88 Å². The van der Waals surface area contributed by atoms with Crippen molar-refractivity contribution in [3.63, 3.8) is 0 Å². The fourth-order valence-electron chi connectivity index (χ4n) is 2.17. The van der Waals surface area contributed by atoms with E-state index in [1.54, 1.807) is 24.3 Å². The van der Waals surface area contributed by atoms with Crippen LogP contribution in [0.2, 0.25) is 0 Å². The topological polar surface area (TPSA) is 104 Å². The van der Waals surface area contributed by atoms with E-state index in [-0.39, 0.29) is 45.8 Å². The molecule has 0 saturated carbocycles. The Morgan fingerprint density at radius 3 is 2.46 bits per heavy atom. The van der Waals surface area contributed by atoms with Crippen LogP contribution in [0.25, 0.3) is 0 Å². The second kappa shape index (κ2) is 10.2. The van der Waals surface area contributed by atoms with Crippen LogP contribution < -0.4 is 49.9 Å². The Kier molecular flexibility index (Phi) is 9.02. The number of hydrogen-bond donors (Lipinski definition) is 2.